The summed E-state index contributed by atoms with van der Waals surface area (Å²) in [5.41, 5.74) is 4.98. The van der Waals surface area contributed by atoms with E-state index in [2.05, 4.69) is 11.4 Å². The molecule has 0 radical (unpaired) electrons. The molecule has 1 N–H and O–H groups in total. The number of hydrogen-bond acceptors (Lipinski definition) is 6. The number of ketones is 1. The topological polar surface area (TPSA) is 77.1 Å². The number of hydrogen-bond donors (Lipinski definition) is 1. The Balaban J connectivity index is 1.66. The molecule has 39 heavy (non-hydrogen) atoms. The van der Waals surface area contributed by atoms with E-state index >= 15 is 0 Å². The van der Waals surface area contributed by atoms with Gasteiger partial charge in [0, 0.05) is 42.7 Å². The Morgan fingerprint density at radius 1 is 1.03 bits per heavy atom. The average Bonchev–Trinajstić information content (AvgIpc) is 3.07. The van der Waals surface area contributed by atoms with Crippen LogP contribution < -0.4 is 19.7 Å². The quantitative estimate of drug-likeness (QED) is 0.462. The largest absolute Gasteiger partial charge is 0.501 e. The van der Waals surface area contributed by atoms with E-state index in [4.69, 9.17) is 14.2 Å². The zero-order chi connectivity index (χ0) is 27.7. The van der Waals surface area contributed by atoms with Crippen molar-refractivity contribution in [1.29, 1.82) is 0 Å². The van der Waals surface area contributed by atoms with Gasteiger partial charge in [-0.25, -0.2) is 0 Å². The lowest BCUT2D eigenvalue weighted by atomic mass is 9.76. The molecule has 5 rings (SSSR count). The number of Topliss-reactive ketones (excluding diaryl/α,β-unsaturated/α-hetero) is 1. The van der Waals surface area contributed by atoms with Gasteiger partial charge >= 0.3 is 0 Å². The summed E-state index contributed by atoms with van der Waals surface area (Å²) in [6, 6.07) is 12.7. The van der Waals surface area contributed by atoms with E-state index in [1.165, 1.54) is 5.57 Å². The van der Waals surface area contributed by atoms with Crippen molar-refractivity contribution in [3.05, 3.63) is 82.8 Å². The van der Waals surface area contributed by atoms with Crippen LogP contribution in [0.3, 0.4) is 0 Å². The maximum absolute atomic E-state index is 14.1. The first kappa shape index (κ1) is 26.6. The molecule has 1 aliphatic heterocycles. The van der Waals surface area contributed by atoms with Gasteiger partial charge in [0.2, 0.25) is 5.91 Å². The Bertz CT molecular complexity index is 1390. The number of nitrogens with one attached hydrogen (secondary N) is 1. The van der Waals surface area contributed by atoms with Gasteiger partial charge in [-0.3, -0.25) is 14.5 Å². The minimum atomic E-state index is -0.648. The summed E-state index contributed by atoms with van der Waals surface area (Å²) in [6.45, 7) is 5.47. The van der Waals surface area contributed by atoms with Crippen molar-refractivity contribution in [2.75, 3.05) is 24.4 Å². The molecule has 2 aromatic carbocycles. The summed E-state index contributed by atoms with van der Waals surface area (Å²) in [7, 11) is 3.29. The number of para-hydroxylation sites is 2. The number of carbonyl (C=O) groups excluding carboxylic acids is 2. The van der Waals surface area contributed by atoms with Crippen LogP contribution in [0.15, 0.2) is 77.2 Å². The molecule has 0 aromatic heterocycles. The molecule has 1 heterocycles. The van der Waals surface area contributed by atoms with Gasteiger partial charge < -0.3 is 19.5 Å². The number of anilines is 2. The molecule has 0 spiro atoms. The number of fused-ring (bicyclic) bond motifs is 1. The first-order chi connectivity index (χ1) is 18.8. The molecule has 7 heteroatoms. The average molecular weight is 529 g/mol. The van der Waals surface area contributed by atoms with E-state index in [9.17, 15) is 9.59 Å². The predicted octanol–water partition coefficient (Wildman–Crippen LogP) is 6.49. The predicted molar refractivity (Wildman–Crippen MR) is 152 cm³/mol. The Morgan fingerprint density at radius 3 is 2.49 bits per heavy atom. The molecule has 0 bridgehead atoms. The highest BCUT2D eigenvalue weighted by atomic mass is 16.5. The van der Waals surface area contributed by atoms with E-state index in [-0.39, 0.29) is 23.7 Å². The number of carbonyl (C=O) groups is 2. The van der Waals surface area contributed by atoms with Gasteiger partial charge in [-0.2, -0.15) is 0 Å². The first-order valence-electron chi connectivity index (χ1n) is 13.5. The normalized spacial score (nSPS) is 20.8. The van der Waals surface area contributed by atoms with Gasteiger partial charge in [0.1, 0.15) is 11.5 Å². The third kappa shape index (κ3) is 5.18. The number of ether oxygens (including phenoxy) is 3. The number of nitrogens with zero attached hydrogens (tertiary/aromatic N) is 1. The number of methoxy groups -OCH3 is 2. The zero-order valence-corrected chi connectivity index (χ0v) is 23.2. The van der Waals surface area contributed by atoms with E-state index in [1.54, 1.807) is 26.0 Å². The van der Waals surface area contributed by atoms with Crippen molar-refractivity contribution >= 4 is 23.1 Å². The Kier molecular flexibility index (Phi) is 7.51. The Labute approximate surface area is 230 Å². The Morgan fingerprint density at radius 2 is 1.82 bits per heavy atom. The molecule has 2 unspecified atom stereocenters. The molecule has 2 atom stereocenters. The number of amides is 1. The van der Waals surface area contributed by atoms with Crippen LogP contribution in [0.5, 0.6) is 11.5 Å². The molecule has 7 nitrogen and oxygen atoms in total. The van der Waals surface area contributed by atoms with Crippen LogP contribution in [-0.4, -0.2) is 32.0 Å². The van der Waals surface area contributed by atoms with Crippen LogP contribution in [0.1, 0.15) is 58.1 Å². The highest BCUT2D eigenvalue weighted by molar-refractivity contribution is 6.06. The fourth-order valence-electron chi connectivity index (χ4n) is 5.90. The molecule has 0 saturated carbocycles. The van der Waals surface area contributed by atoms with E-state index < -0.39 is 6.04 Å². The van der Waals surface area contributed by atoms with Gasteiger partial charge in [0.15, 0.2) is 5.78 Å². The lowest BCUT2D eigenvalue weighted by molar-refractivity contribution is -0.117. The summed E-state index contributed by atoms with van der Waals surface area (Å²) >= 11 is 0. The van der Waals surface area contributed by atoms with E-state index in [0.717, 1.165) is 41.2 Å². The summed E-state index contributed by atoms with van der Waals surface area (Å²) in [5, 5.41) is 3.57. The van der Waals surface area contributed by atoms with Crippen molar-refractivity contribution in [3.63, 3.8) is 0 Å². The molecule has 0 saturated heterocycles. The van der Waals surface area contributed by atoms with Crippen LogP contribution in [-0.2, 0) is 14.3 Å². The molecule has 0 fully saturated rings. The summed E-state index contributed by atoms with van der Waals surface area (Å²) in [6.07, 6.45) is 6.87. The first-order valence-corrected chi connectivity index (χ1v) is 13.5. The summed E-state index contributed by atoms with van der Waals surface area (Å²) < 4.78 is 17.1. The third-order valence-corrected chi connectivity index (χ3v) is 7.63. The highest BCUT2D eigenvalue weighted by Gasteiger charge is 2.42. The molecule has 3 aliphatic rings. The molecular formula is C32H36N2O5. The molecular weight excluding hydrogens is 492 g/mol. The maximum Gasteiger partial charge on any atom is 0.224 e. The van der Waals surface area contributed by atoms with Crippen molar-refractivity contribution in [2.45, 2.75) is 58.6 Å². The summed E-state index contributed by atoms with van der Waals surface area (Å²) in [4.78, 5) is 29.2. The zero-order valence-electron chi connectivity index (χ0n) is 23.2. The second-order valence-electron chi connectivity index (χ2n) is 10.5. The monoisotopic (exact) mass is 528 g/mol. The lowest BCUT2D eigenvalue weighted by Gasteiger charge is -2.35. The van der Waals surface area contributed by atoms with Crippen LogP contribution in [0.2, 0.25) is 0 Å². The Hall–Kier alpha value is -4.00. The smallest absolute Gasteiger partial charge is 0.224 e. The SMILES string of the molecule is COC1=CC=C(C2CC(=O)C3=C(C2)Nc2ccccc2N(C(C)=O)C3c2ccc(OC(C)C)cc2OC)CC1. The van der Waals surface area contributed by atoms with Crippen molar-refractivity contribution < 1.29 is 23.8 Å². The van der Waals surface area contributed by atoms with Crippen LogP contribution in [0.25, 0.3) is 0 Å². The fraction of sp³-hybridized carbons (Fsp3) is 0.375. The van der Waals surface area contributed by atoms with Gasteiger partial charge in [0.25, 0.3) is 0 Å². The van der Waals surface area contributed by atoms with Gasteiger partial charge in [-0.15, -0.1) is 0 Å². The minimum absolute atomic E-state index is 0.00157. The molecule has 2 aromatic rings. The number of rotatable bonds is 6. The number of benzene rings is 2. The highest BCUT2D eigenvalue weighted by Crippen LogP contribution is 2.49. The third-order valence-electron chi connectivity index (χ3n) is 7.63. The number of allylic oxidation sites excluding steroid dienone is 5. The van der Waals surface area contributed by atoms with Gasteiger partial charge in [-0.1, -0.05) is 23.8 Å². The van der Waals surface area contributed by atoms with Crippen LogP contribution in [0, 0.1) is 5.92 Å². The molecule has 204 valence electrons. The van der Waals surface area contributed by atoms with Crippen molar-refractivity contribution in [2.24, 2.45) is 5.92 Å². The minimum Gasteiger partial charge on any atom is -0.501 e. The molecule has 2 aliphatic carbocycles. The van der Waals surface area contributed by atoms with E-state index in [1.807, 2.05) is 62.4 Å². The standard InChI is InChI=1S/C32H36N2O5/c1-19(2)39-24-14-15-25(30(18-24)38-5)32-31-27(33-26-8-6-7-9-28(26)34(32)20(3)35)16-22(17-29(31)36)21-10-12-23(37-4)13-11-21/h6-10,12,14-15,18-19,22,32-33H,11,13,16-17H2,1-5H3. The maximum atomic E-state index is 14.1. The molecule has 1 amide bonds. The second-order valence-corrected chi connectivity index (χ2v) is 10.5. The second kappa shape index (κ2) is 11.0. The van der Waals surface area contributed by atoms with E-state index in [0.29, 0.717) is 29.9 Å². The van der Waals surface area contributed by atoms with Gasteiger partial charge in [0.05, 0.1) is 43.5 Å². The van der Waals surface area contributed by atoms with Crippen LogP contribution >= 0.6 is 0 Å². The van der Waals surface area contributed by atoms with Crippen LogP contribution in [0.4, 0.5) is 11.4 Å². The lowest BCUT2D eigenvalue weighted by Crippen LogP contribution is -2.37. The van der Waals surface area contributed by atoms with Crippen molar-refractivity contribution in [1.82, 2.24) is 0 Å². The fourth-order valence-corrected chi connectivity index (χ4v) is 5.90. The summed E-state index contributed by atoms with van der Waals surface area (Å²) in [5.74, 6) is 2.15. The van der Waals surface area contributed by atoms with Gasteiger partial charge in [-0.05, 0) is 62.9 Å². The van der Waals surface area contributed by atoms with Crippen molar-refractivity contribution in [3.8, 4) is 11.5 Å².